The van der Waals surface area contributed by atoms with Gasteiger partial charge in [-0.3, -0.25) is 0 Å². The Labute approximate surface area is 247 Å². The Morgan fingerprint density at radius 1 is 0.930 bits per heavy atom. The van der Waals surface area contributed by atoms with Crippen molar-refractivity contribution in [3.05, 3.63) is 71.7 Å². The largest absolute Gasteiger partial charge is 0.490 e. The molecular formula is C30H34F4N6O3. The van der Waals surface area contributed by atoms with Gasteiger partial charge in [0.15, 0.2) is 17.4 Å². The zero-order valence-electron chi connectivity index (χ0n) is 24.2. The second-order valence-corrected chi connectivity index (χ2v) is 11.8. The minimum Gasteiger partial charge on any atom is -0.490 e. The van der Waals surface area contributed by atoms with Crippen molar-refractivity contribution in [1.29, 1.82) is 0 Å². The molecule has 2 aromatic heterocycles. The average molecular weight is 603 g/mol. The quantitative estimate of drug-likeness (QED) is 0.291. The minimum atomic E-state index is -1.29. The number of alkyl carbamates (subject to hydrolysis) is 1. The summed E-state index contributed by atoms with van der Waals surface area (Å²) in [5, 5.41) is 2.74. The summed E-state index contributed by atoms with van der Waals surface area (Å²) >= 11 is 0. The van der Waals surface area contributed by atoms with Crippen LogP contribution in [-0.2, 0) is 4.74 Å². The molecule has 1 N–H and O–H groups in total. The Hall–Kier alpha value is -4.16. The summed E-state index contributed by atoms with van der Waals surface area (Å²) < 4.78 is 67.0. The molecule has 2 unspecified atom stereocenters. The number of nitrogens with one attached hydrogen (secondary N) is 1. The lowest BCUT2D eigenvalue weighted by Crippen LogP contribution is -2.43. The average Bonchev–Trinajstić information content (AvgIpc) is 3.37. The summed E-state index contributed by atoms with van der Waals surface area (Å²) in [6.07, 6.45) is 5.37. The van der Waals surface area contributed by atoms with Gasteiger partial charge in [-0.2, -0.15) is 0 Å². The van der Waals surface area contributed by atoms with Crippen molar-refractivity contribution < 1.29 is 31.8 Å². The standard InChI is InChI=1S/C30H34F4N6O3/c1-30(2,3)43-29(41)38-26-16-40(15-22(26)21-10-24(33)25(34)11-23(21)32)28-36-13-20(14-37-28)42-17-18-6-8-39(9-7-18)27-5-4-19(31)12-35-27/h4-5,10-14,18,22,26H,6-9,15-17H2,1-3H3,(H,38,41). The van der Waals surface area contributed by atoms with Crippen LogP contribution in [0.2, 0.25) is 0 Å². The number of benzene rings is 1. The topological polar surface area (TPSA) is 92.7 Å². The van der Waals surface area contributed by atoms with Gasteiger partial charge < -0.3 is 24.6 Å². The molecule has 1 aromatic carbocycles. The van der Waals surface area contributed by atoms with Gasteiger partial charge in [0.25, 0.3) is 0 Å². The molecule has 9 nitrogen and oxygen atoms in total. The smallest absolute Gasteiger partial charge is 0.407 e. The van der Waals surface area contributed by atoms with E-state index in [2.05, 4.69) is 25.2 Å². The highest BCUT2D eigenvalue weighted by Gasteiger charge is 2.39. The van der Waals surface area contributed by atoms with Crippen molar-refractivity contribution in [1.82, 2.24) is 20.3 Å². The molecule has 2 atom stereocenters. The van der Waals surface area contributed by atoms with Crippen LogP contribution >= 0.6 is 0 Å². The Morgan fingerprint density at radius 2 is 1.63 bits per heavy atom. The number of carbonyl (C=O) groups excluding carboxylic acids is 1. The van der Waals surface area contributed by atoms with Crippen molar-refractivity contribution in [3.8, 4) is 5.75 Å². The zero-order chi connectivity index (χ0) is 30.7. The van der Waals surface area contributed by atoms with Crippen LogP contribution in [0, 0.1) is 29.2 Å². The first-order valence-electron chi connectivity index (χ1n) is 14.2. The molecule has 0 bridgehead atoms. The molecule has 0 aliphatic carbocycles. The zero-order valence-corrected chi connectivity index (χ0v) is 24.2. The molecule has 1 amide bonds. The first-order chi connectivity index (χ1) is 20.4. The number of pyridine rings is 1. The first kappa shape index (κ1) is 30.3. The fraction of sp³-hybridized carbons (Fsp3) is 0.467. The molecule has 2 saturated heterocycles. The maximum Gasteiger partial charge on any atom is 0.407 e. The van der Waals surface area contributed by atoms with E-state index >= 15 is 0 Å². The van der Waals surface area contributed by atoms with Crippen molar-refractivity contribution in [2.75, 3.05) is 42.6 Å². The number of hydrogen-bond donors (Lipinski definition) is 1. The van der Waals surface area contributed by atoms with E-state index in [0.717, 1.165) is 37.8 Å². The highest BCUT2D eigenvalue weighted by atomic mass is 19.2. The van der Waals surface area contributed by atoms with E-state index in [1.807, 2.05) is 0 Å². The third-order valence-electron chi connectivity index (χ3n) is 7.49. The number of rotatable bonds is 7. The van der Waals surface area contributed by atoms with Crippen LogP contribution in [0.4, 0.5) is 34.1 Å². The van der Waals surface area contributed by atoms with E-state index in [1.54, 1.807) is 44.1 Å². The van der Waals surface area contributed by atoms with E-state index < -0.39 is 41.1 Å². The van der Waals surface area contributed by atoms with E-state index in [4.69, 9.17) is 9.47 Å². The Kier molecular flexibility index (Phi) is 8.88. The number of nitrogens with zero attached hydrogens (tertiary/aromatic N) is 5. The molecular weight excluding hydrogens is 568 g/mol. The third kappa shape index (κ3) is 7.63. The van der Waals surface area contributed by atoms with Gasteiger partial charge in [0.1, 0.15) is 23.1 Å². The molecule has 0 radical (unpaired) electrons. The molecule has 5 rings (SSSR count). The molecule has 2 aliphatic rings. The summed E-state index contributed by atoms with van der Waals surface area (Å²) in [7, 11) is 0. The molecule has 0 spiro atoms. The van der Waals surface area contributed by atoms with Crippen LogP contribution in [0.15, 0.2) is 42.9 Å². The fourth-order valence-electron chi connectivity index (χ4n) is 5.35. The van der Waals surface area contributed by atoms with Crippen molar-refractivity contribution in [2.45, 2.75) is 51.2 Å². The lowest BCUT2D eigenvalue weighted by atomic mass is 9.93. The van der Waals surface area contributed by atoms with Crippen LogP contribution in [0.5, 0.6) is 5.75 Å². The highest BCUT2D eigenvalue weighted by Crippen LogP contribution is 2.33. The van der Waals surface area contributed by atoms with Crippen molar-refractivity contribution in [3.63, 3.8) is 0 Å². The number of halogens is 4. The fourth-order valence-corrected chi connectivity index (χ4v) is 5.35. The third-order valence-corrected chi connectivity index (χ3v) is 7.49. The maximum absolute atomic E-state index is 14.8. The molecule has 13 heteroatoms. The van der Waals surface area contributed by atoms with Gasteiger partial charge in [0, 0.05) is 38.2 Å². The van der Waals surface area contributed by atoms with Crippen molar-refractivity contribution in [2.24, 2.45) is 5.92 Å². The Balaban J connectivity index is 1.20. The molecule has 43 heavy (non-hydrogen) atoms. The van der Waals surface area contributed by atoms with Gasteiger partial charge in [0.2, 0.25) is 5.95 Å². The van der Waals surface area contributed by atoms with Crippen LogP contribution in [0.3, 0.4) is 0 Å². The number of carbonyl (C=O) groups is 1. The molecule has 2 aliphatic heterocycles. The summed E-state index contributed by atoms with van der Waals surface area (Å²) in [5.74, 6) is -2.59. The minimum absolute atomic E-state index is 0.0660. The van der Waals surface area contributed by atoms with Crippen LogP contribution in [0.1, 0.15) is 45.1 Å². The van der Waals surface area contributed by atoms with E-state index in [9.17, 15) is 22.4 Å². The Bertz CT molecular complexity index is 1410. The second kappa shape index (κ2) is 12.6. The van der Waals surface area contributed by atoms with Gasteiger partial charge in [-0.25, -0.2) is 37.3 Å². The number of amides is 1. The molecule has 0 saturated carbocycles. The number of hydrogen-bond acceptors (Lipinski definition) is 8. The molecule has 3 aromatic rings. The number of ether oxygens (including phenoxy) is 2. The normalized spacial score (nSPS) is 19.4. The number of aromatic nitrogens is 3. The lowest BCUT2D eigenvalue weighted by molar-refractivity contribution is 0.0504. The van der Waals surface area contributed by atoms with Crippen LogP contribution in [0.25, 0.3) is 0 Å². The summed E-state index contributed by atoms with van der Waals surface area (Å²) in [4.78, 5) is 29.4. The van der Waals surface area contributed by atoms with E-state index in [0.29, 0.717) is 30.3 Å². The highest BCUT2D eigenvalue weighted by molar-refractivity contribution is 5.68. The van der Waals surface area contributed by atoms with Gasteiger partial charge in [0.05, 0.1) is 31.2 Å². The maximum atomic E-state index is 14.8. The SMILES string of the molecule is CC(C)(C)OC(=O)NC1CN(c2ncc(OCC3CCN(c4ccc(F)cn4)CC3)cn2)CC1c1cc(F)c(F)cc1F. The van der Waals surface area contributed by atoms with Gasteiger partial charge in [-0.1, -0.05) is 0 Å². The predicted octanol–water partition coefficient (Wildman–Crippen LogP) is 5.22. The monoisotopic (exact) mass is 602 g/mol. The second-order valence-electron chi connectivity index (χ2n) is 11.8. The van der Waals surface area contributed by atoms with Gasteiger partial charge in [-0.15, -0.1) is 0 Å². The summed E-state index contributed by atoms with van der Waals surface area (Å²) in [5.41, 5.74) is -0.829. The molecule has 4 heterocycles. The molecule has 230 valence electrons. The molecule has 2 fully saturated rings. The van der Waals surface area contributed by atoms with Crippen LogP contribution < -0.4 is 19.9 Å². The predicted molar refractivity (Wildman–Crippen MR) is 151 cm³/mol. The van der Waals surface area contributed by atoms with E-state index in [-0.39, 0.29) is 24.5 Å². The number of piperidine rings is 1. The summed E-state index contributed by atoms with van der Waals surface area (Å²) in [6, 6.07) is 3.72. The Morgan fingerprint density at radius 3 is 2.28 bits per heavy atom. The lowest BCUT2D eigenvalue weighted by Gasteiger charge is -2.32. The van der Waals surface area contributed by atoms with Gasteiger partial charge >= 0.3 is 6.09 Å². The van der Waals surface area contributed by atoms with E-state index in [1.165, 1.54) is 12.3 Å². The van der Waals surface area contributed by atoms with Crippen molar-refractivity contribution >= 4 is 17.9 Å². The van der Waals surface area contributed by atoms with Crippen LogP contribution in [-0.4, -0.2) is 65.5 Å². The number of anilines is 2. The first-order valence-corrected chi connectivity index (χ1v) is 14.2. The summed E-state index contributed by atoms with van der Waals surface area (Å²) in [6.45, 7) is 7.53. The van der Waals surface area contributed by atoms with Gasteiger partial charge in [-0.05, 0) is 63.3 Å².